The van der Waals surface area contributed by atoms with Crippen LogP contribution in [0.25, 0.3) is 0 Å². The van der Waals surface area contributed by atoms with Gasteiger partial charge in [0, 0.05) is 11.8 Å². The van der Waals surface area contributed by atoms with E-state index in [1.165, 1.54) is 12.5 Å². The number of hydrogen-bond acceptors (Lipinski definition) is 6. The summed E-state index contributed by atoms with van der Waals surface area (Å²) in [5.41, 5.74) is 1.71. The van der Waals surface area contributed by atoms with E-state index < -0.39 is 18.0 Å². The molecule has 1 heterocycles. The molecule has 1 aliphatic heterocycles. The van der Waals surface area contributed by atoms with Gasteiger partial charge in [0.1, 0.15) is 5.75 Å². The van der Waals surface area contributed by atoms with Crippen LogP contribution in [0.3, 0.4) is 0 Å². The Bertz CT molecular complexity index is 846. The van der Waals surface area contributed by atoms with Crippen molar-refractivity contribution in [3.8, 4) is 17.2 Å². The SMILES string of the molecule is CC(C)c1ccc(OCC(=O)O[C@@H](C)C(=O)Nc2ccc3c(c2)OCO3)cc1. The number of benzene rings is 2. The van der Waals surface area contributed by atoms with Crippen molar-refractivity contribution in [3.63, 3.8) is 0 Å². The Labute approximate surface area is 163 Å². The average Bonchev–Trinajstić information content (AvgIpc) is 3.14. The summed E-state index contributed by atoms with van der Waals surface area (Å²) in [6, 6.07) is 12.5. The molecular weight excluding hydrogens is 362 g/mol. The first-order chi connectivity index (χ1) is 13.4. The second kappa shape index (κ2) is 8.65. The van der Waals surface area contributed by atoms with Gasteiger partial charge in [0.15, 0.2) is 24.2 Å². The molecule has 0 radical (unpaired) electrons. The standard InChI is InChI=1S/C21H23NO6/c1-13(2)15-4-7-17(8-5-15)25-11-20(23)28-14(3)21(24)22-16-6-9-18-19(10-16)27-12-26-18/h4-10,13-14H,11-12H2,1-3H3,(H,22,24)/t14-/m0/s1. The summed E-state index contributed by atoms with van der Waals surface area (Å²) in [5, 5.41) is 2.67. The van der Waals surface area contributed by atoms with Crippen LogP contribution < -0.4 is 19.5 Å². The first-order valence-electron chi connectivity index (χ1n) is 9.05. The molecular formula is C21H23NO6. The van der Waals surface area contributed by atoms with Crippen LogP contribution >= 0.6 is 0 Å². The summed E-state index contributed by atoms with van der Waals surface area (Å²) in [6.07, 6.45) is -0.968. The lowest BCUT2D eigenvalue weighted by Crippen LogP contribution is -2.31. The normalized spacial score (nSPS) is 13.1. The number of nitrogens with one attached hydrogen (secondary N) is 1. The van der Waals surface area contributed by atoms with E-state index >= 15 is 0 Å². The van der Waals surface area contributed by atoms with E-state index in [1.807, 2.05) is 12.1 Å². The molecule has 148 valence electrons. The molecule has 0 aliphatic carbocycles. The molecule has 0 spiro atoms. The molecule has 2 aromatic carbocycles. The molecule has 0 saturated carbocycles. The number of amides is 1. The van der Waals surface area contributed by atoms with Gasteiger partial charge in [-0.25, -0.2) is 4.79 Å². The number of esters is 1. The highest BCUT2D eigenvalue weighted by Crippen LogP contribution is 2.34. The van der Waals surface area contributed by atoms with Gasteiger partial charge < -0.3 is 24.3 Å². The highest BCUT2D eigenvalue weighted by Gasteiger charge is 2.20. The Balaban J connectivity index is 1.46. The molecule has 1 amide bonds. The van der Waals surface area contributed by atoms with Gasteiger partial charge >= 0.3 is 5.97 Å². The predicted molar refractivity (Wildman–Crippen MR) is 103 cm³/mol. The molecule has 2 aromatic rings. The quantitative estimate of drug-likeness (QED) is 0.735. The van der Waals surface area contributed by atoms with Crippen molar-refractivity contribution in [1.29, 1.82) is 0 Å². The van der Waals surface area contributed by atoms with Gasteiger partial charge in [0.05, 0.1) is 0 Å². The number of hydrogen-bond donors (Lipinski definition) is 1. The molecule has 0 saturated heterocycles. The molecule has 0 bridgehead atoms. The summed E-state index contributed by atoms with van der Waals surface area (Å²) in [5.74, 6) is 1.09. The van der Waals surface area contributed by atoms with Crippen LogP contribution in [0.5, 0.6) is 17.2 Å². The van der Waals surface area contributed by atoms with Gasteiger partial charge in [0.2, 0.25) is 6.79 Å². The second-order valence-corrected chi connectivity index (χ2v) is 6.70. The van der Waals surface area contributed by atoms with Crippen LogP contribution in [0, 0.1) is 0 Å². The summed E-state index contributed by atoms with van der Waals surface area (Å²) in [7, 11) is 0. The zero-order chi connectivity index (χ0) is 20.1. The van der Waals surface area contributed by atoms with Crippen molar-refractivity contribution in [3.05, 3.63) is 48.0 Å². The zero-order valence-corrected chi connectivity index (χ0v) is 16.1. The maximum atomic E-state index is 12.2. The zero-order valence-electron chi connectivity index (χ0n) is 16.1. The minimum Gasteiger partial charge on any atom is -0.482 e. The number of fused-ring (bicyclic) bond motifs is 1. The summed E-state index contributed by atoms with van der Waals surface area (Å²) >= 11 is 0. The smallest absolute Gasteiger partial charge is 0.344 e. The van der Waals surface area contributed by atoms with E-state index in [4.69, 9.17) is 18.9 Å². The Morgan fingerprint density at radius 2 is 1.75 bits per heavy atom. The highest BCUT2D eigenvalue weighted by atomic mass is 16.7. The summed E-state index contributed by atoms with van der Waals surface area (Å²) in [6.45, 7) is 5.58. The third kappa shape index (κ3) is 4.94. The van der Waals surface area contributed by atoms with Gasteiger partial charge in [0.25, 0.3) is 5.91 Å². The van der Waals surface area contributed by atoms with E-state index in [-0.39, 0.29) is 13.4 Å². The molecule has 1 aliphatic rings. The van der Waals surface area contributed by atoms with Crippen molar-refractivity contribution in [2.75, 3.05) is 18.7 Å². The Hall–Kier alpha value is -3.22. The number of carbonyl (C=O) groups excluding carboxylic acids is 2. The minimum atomic E-state index is -0.968. The van der Waals surface area contributed by atoms with Crippen LogP contribution in [0.4, 0.5) is 5.69 Å². The van der Waals surface area contributed by atoms with E-state index in [0.29, 0.717) is 28.9 Å². The molecule has 0 fully saturated rings. The fourth-order valence-corrected chi connectivity index (χ4v) is 2.59. The predicted octanol–water partition coefficient (Wildman–Crippen LogP) is 3.49. The topological polar surface area (TPSA) is 83.1 Å². The number of ether oxygens (including phenoxy) is 4. The molecule has 1 N–H and O–H groups in total. The number of rotatable bonds is 7. The van der Waals surface area contributed by atoms with Crippen LogP contribution in [-0.2, 0) is 14.3 Å². The molecule has 7 heteroatoms. The number of carbonyl (C=O) groups is 2. The van der Waals surface area contributed by atoms with Gasteiger partial charge in [-0.05, 0) is 42.7 Å². The lowest BCUT2D eigenvalue weighted by Gasteiger charge is -2.14. The fraction of sp³-hybridized carbons (Fsp3) is 0.333. The van der Waals surface area contributed by atoms with Crippen LogP contribution in [0.1, 0.15) is 32.3 Å². The molecule has 28 heavy (non-hydrogen) atoms. The summed E-state index contributed by atoms with van der Waals surface area (Å²) < 4.78 is 21.0. The fourth-order valence-electron chi connectivity index (χ4n) is 2.59. The second-order valence-electron chi connectivity index (χ2n) is 6.70. The minimum absolute atomic E-state index is 0.154. The molecule has 7 nitrogen and oxygen atoms in total. The maximum absolute atomic E-state index is 12.2. The lowest BCUT2D eigenvalue weighted by molar-refractivity contribution is -0.155. The monoisotopic (exact) mass is 385 g/mol. The van der Waals surface area contributed by atoms with Crippen molar-refractivity contribution >= 4 is 17.6 Å². The van der Waals surface area contributed by atoms with E-state index in [1.54, 1.807) is 30.3 Å². The lowest BCUT2D eigenvalue weighted by atomic mass is 10.0. The molecule has 0 aromatic heterocycles. The highest BCUT2D eigenvalue weighted by molar-refractivity contribution is 5.95. The third-order valence-electron chi connectivity index (χ3n) is 4.22. The van der Waals surface area contributed by atoms with Crippen LogP contribution in [-0.4, -0.2) is 31.4 Å². The Kier molecular flexibility index (Phi) is 6.03. The number of anilines is 1. The first-order valence-corrected chi connectivity index (χ1v) is 9.05. The molecule has 1 atom stereocenters. The Morgan fingerprint density at radius 1 is 1.04 bits per heavy atom. The van der Waals surface area contributed by atoms with Crippen molar-refractivity contribution in [2.45, 2.75) is 32.8 Å². The van der Waals surface area contributed by atoms with Gasteiger partial charge in [-0.1, -0.05) is 26.0 Å². The van der Waals surface area contributed by atoms with Crippen LogP contribution in [0.2, 0.25) is 0 Å². The average molecular weight is 385 g/mol. The van der Waals surface area contributed by atoms with Gasteiger partial charge in [-0.2, -0.15) is 0 Å². The van der Waals surface area contributed by atoms with Crippen LogP contribution in [0.15, 0.2) is 42.5 Å². The largest absolute Gasteiger partial charge is 0.482 e. The Morgan fingerprint density at radius 3 is 2.46 bits per heavy atom. The van der Waals surface area contributed by atoms with E-state index in [0.717, 1.165) is 0 Å². The van der Waals surface area contributed by atoms with Crippen molar-refractivity contribution in [1.82, 2.24) is 0 Å². The molecule has 3 rings (SSSR count). The molecule has 0 unspecified atom stereocenters. The van der Waals surface area contributed by atoms with E-state index in [2.05, 4.69) is 19.2 Å². The van der Waals surface area contributed by atoms with Crippen molar-refractivity contribution in [2.24, 2.45) is 0 Å². The maximum Gasteiger partial charge on any atom is 0.344 e. The van der Waals surface area contributed by atoms with Gasteiger partial charge in [-0.3, -0.25) is 4.79 Å². The van der Waals surface area contributed by atoms with Gasteiger partial charge in [-0.15, -0.1) is 0 Å². The first kappa shape index (κ1) is 19.5. The summed E-state index contributed by atoms with van der Waals surface area (Å²) in [4.78, 5) is 24.2. The van der Waals surface area contributed by atoms with E-state index in [9.17, 15) is 9.59 Å². The van der Waals surface area contributed by atoms with Crippen molar-refractivity contribution < 1.29 is 28.5 Å². The third-order valence-corrected chi connectivity index (χ3v) is 4.22.